The molecule has 36 heavy (non-hydrogen) atoms. The van der Waals surface area contributed by atoms with Crippen molar-refractivity contribution in [1.82, 2.24) is 19.2 Å². The van der Waals surface area contributed by atoms with E-state index in [-0.39, 0.29) is 0 Å². The summed E-state index contributed by atoms with van der Waals surface area (Å²) in [6.45, 7) is 11.4. The topological polar surface area (TPSA) is 53.6 Å². The van der Waals surface area contributed by atoms with E-state index in [1.807, 2.05) is 12.1 Å². The first-order valence-electron chi connectivity index (χ1n) is 12.5. The minimum Gasteiger partial charge on any atom is -0.497 e. The van der Waals surface area contributed by atoms with Gasteiger partial charge in [-0.05, 0) is 86.7 Å². The SMILES string of the molecule is CCCc1cc2c(C)nc3c(-c4c(C)cc(OC)cc4C)c(C)nn3c2n1Cc1ccc(OC)cc1. The minimum atomic E-state index is 0.760. The number of rotatable bonds is 7. The number of fused-ring (bicyclic) bond motifs is 3. The monoisotopic (exact) mass is 482 g/mol. The zero-order valence-electron chi connectivity index (χ0n) is 22.3. The van der Waals surface area contributed by atoms with Crippen LogP contribution in [-0.2, 0) is 13.0 Å². The van der Waals surface area contributed by atoms with Gasteiger partial charge in [0.25, 0.3) is 0 Å². The van der Waals surface area contributed by atoms with Crippen LogP contribution in [0.5, 0.6) is 11.5 Å². The van der Waals surface area contributed by atoms with Crippen LogP contribution < -0.4 is 9.47 Å². The zero-order valence-corrected chi connectivity index (χ0v) is 22.3. The molecular weight excluding hydrogens is 448 g/mol. The molecule has 2 aromatic carbocycles. The Labute approximate surface area is 212 Å². The van der Waals surface area contributed by atoms with Gasteiger partial charge in [0.05, 0.1) is 31.2 Å². The van der Waals surface area contributed by atoms with E-state index >= 15 is 0 Å². The molecule has 0 aliphatic carbocycles. The molecule has 0 spiro atoms. The highest BCUT2D eigenvalue weighted by Gasteiger charge is 2.23. The van der Waals surface area contributed by atoms with E-state index < -0.39 is 0 Å². The first-order chi connectivity index (χ1) is 17.4. The van der Waals surface area contributed by atoms with E-state index in [0.717, 1.165) is 75.6 Å². The minimum absolute atomic E-state index is 0.760. The quantitative estimate of drug-likeness (QED) is 0.262. The van der Waals surface area contributed by atoms with E-state index in [1.54, 1.807) is 14.2 Å². The molecular formula is C30H34N4O2. The molecule has 0 N–H and O–H groups in total. The molecule has 0 amide bonds. The van der Waals surface area contributed by atoms with Gasteiger partial charge in [-0.15, -0.1) is 0 Å². The largest absolute Gasteiger partial charge is 0.497 e. The summed E-state index contributed by atoms with van der Waals surface area (Å²) in [4.78, 5) is 5.11. The Morgan fingerprint density at radius 1 is 0.806 bits per heavy atom. The van der Waals surface area contributed by atoms with Crippen LogP contribution in [0.25, 0.3) is 27.8 Å². The van der Waals surface area contributed by atoms with Gasteiger partial charge in [-0.3, -0.25) is 0 Å². The van der Waals surface area contributed by atoms with Gasteiger partial charge in [0.15, 0.2) is 5.65 Å². The second-order valence-electron chi connectivity index (χ2n) is 9.59. The first kappa shape index (κ1) is 23.9. The van der Waals surface area contributed by atoms with Crippen LogP contribution in [-0.4, -0.2) is 33.4 Å². The van der Waals surface area contributed by atoms with Gasteiger partial charge < -0.3 is 14.0 Å². The number of hydrogen-bond donors (Lipinski definition) is 0. The third-order valence-electron chi connectivity index (χ3n) is 7.05. The normalized spacial score (nSPS) is 11.5. The van der Waals surface area contributed by atoms with Crippen LogP contribution in [0.15, 0.2) is 42.5 Å². The fraction of sp³-hybridized carbons (Fsp3) is 0.333. The van der Waals surface area contributed by atoms with Crippen LogP contribution in [0.3, 0.4) is 0 Å². The van der Waals surface area contributed by atoms with E-state index in [9.17, 15) is 0 Å². The molecule has 0 aliphatic rings. The van der Waals surface area contributed by atoms with Crippen LogP contribution in [0, 0.1) is 27.7 Å². The number of nitrogens with zero attached hydrogens (tertiary/aromatic N) is 4. The van der Waals surface area contributed by atoms with Gasteiger partial charge >= 0.3 is 0 Å². The maximum absolute atomic E-state index is 5.51. The van der Waals surface area contributed by atoms with Crippen molar-refractivity contribution < 1.29 is 9.47 Å². The van der Waals surface area contributed by atoms with Gasteiger partial charge in [-0.25, -0.2) is 4.98 Å². The average Bonchev–Trinajstić information content (AvgIpc) is 3.37. The van der Waals surface area contributed by atoms with Gasteiger partial charge in [-0.1, -0.05) is 25.5 Å². The van der Waals surface area contributed by atoms with Gasteiger partial charge in [-0.2, -0.15) is 9.61 Å². The average molecular weight is 483 g/mol. The molecule has 0 radical (unpaired) electrons. The molecule has 0 atom stereocenters. The fourth-order valence-electron chi connectivity index (χ4n) is 5.35. The maximum Gasteiger partial charge on any atom is 0.165 e. The summed E-state index contributed by atoms with van der Waals surface area (Å²) in [5.41, 5.74) is 11.1. The molecule has 186 valence electrons. The van der Waals surface area contributed by atoms with Gasteiger partial charge in [0.1, 0.15) is 17.1 Å². The lowest BCUT2D eigenvalue weighted by molar-refractivity contribution is 0.414. The van der Waals surface area contributed by atoms with Crippen molar-refractivity contribution in [3.8, 4) is 22.6 Å². The van der Waals surface area contributed by atoms with Crippen molar-refractivity contribution in [3.05, 3.63) is 76.2 Å². The second-order valence-corrected chi connectivity index (χ2v) is 9.59. The van der Waals surface area contributed by atoms with Crippen LogP contribution in [0.4, 0.5) is 0 Å². The summed E-state index contributed by atoms with van der Waals surface area (Å²) in [5.74, 6) is 1.73. The summed E-state index contributed by atoms with van der Waals surface area (Å²) in [6.07, 6.45) is 2.07. The lowest BCUT2D eigenvalue weighted by Crippen LogP contribution is -2.08. The van der Waals surface area contributed by atoms with Crippen LogP contribution in [0.1, 0.15) is 47.1 Å². The third kappa shape index (κ3) is 3.91. The van der Waals surface area contributed by atoms with Gasteiger partial charge in [0, 0.05) is 17.6 Å². The Morgan fingerprint density at radius 3 is 2.08 bits per heavy atom. The molecule has 3 heterocycles. The number of aromatic nitrogens is 4. The van der Waals surface area contributed by atoms with Crippen LogP contribution >= 0.6 is 0 Å². The zero-order chi connectivity index (χ0) is 25.6. The predicted molar refractivity (Wildman–Crippen MR) is 146 cm³/mol. The molecule has 6 heteroatoms. The van der Waals surface area contributed by atoms with E-state index in [1.165, 1.54) is 16.8 Å². The first-order valence-corrected chi connectivity index (χ1v) is 12.5. The van der Waals surface area contributed by atoms with Crippen molar-refractivity contribution in [1.29, 1.82) is 0 Å². The van der Waals surface area contributed by atoms with Crippen molar-refractivity contribution in [2.75, 3.05) is 14.2 Å². The van der Waals surface area contributed by atoms with Crippen molar-refractivity contribution in [2.24, 2.45) is 0 Å². The van der Waals surface area contributed by atoms with Crippen molar-refractivity contribution >= 4 is 16.7 Å². The number of ether oxygens (including phenoxy) is 2. The standard InChI is InChI=1S/C30H34N4O2/c1-8-9-23-16-26-20(4)31-29-28(27-18(2)14-25(36-7)15-19(27)3)21(5)32-34(29)30(26)33(23)17-22-10-12-24(35-6)13-11-22/h10-16H,8-9,17H2,1-7H3. The highest BCUT2D eigenvalue weighted by molar-refractivity contribution is 5.90. The maximum atomic E-state index is 5.51. The summed E-state index contributed by atoms with van der Waals surface area (Å²) in [7, 11) is 3.41. The van der Waals surface area contributed by atoms with E-state index in [4.69, 9.17) is 19.6 Å². The molecule has 0 saturated heterocycles. The molecule has 0 saturated carbocycles. The highest BCUT2D eigenvalue weighted by atomic mass is 16.5. The smallest absolute Gasteiger partial charge is 0.165 e. The molecule has 0 unspecified atom stereocenters. The number of hydrogen-bond acceptors (Lipinski definition) is 4. The molecule has 0 aliphatic heterocycles. The summed E-state index contributed by atoms with van der Waals surface area (Å²) < 4.78 is 15.3. The Kier molecular flexibility index (Phi) is 6.20. The fourth-order valence-corrected chi connectivity index (χ4v) is 5.35. The van der Waals surface area contributed by atoms with Gasteiger partial charge in [0.2, 0.25) is 0 Å². The van der Waals surface area contributed by atoms with Crippen molar-refractivity contribution in [2.45, 2.75) is 54.0 Å². The number of benzene rings is 2. The van der Waals surface area contributed by atoms with E-state index in [0.29, 0.717) is 0 Å². The molecule has 5 aromatic rings. The molecule has 3 aromatic heterocycles. The molecule has 0 fully saturated rings. The summed E-state index contributed by atoms with van der Waals surface area (Å²) in [6, 6.07) is 14.8. The van der Waals surface area contributed by atoms with Crippen LogP contribution in [0.2, 0.25) is 0 Å². The summed E-state index contributed by atoms with van der Waals surface area (Å²) in [5, 5.41) is 6.22. The Balaban J connectivity index is 1.78. The lowest BCUT2D eigenvalue weighted by Gasteiger charge is -2.13. The second kappa shape index (κ2) is 9.34. The summed E-state index contributed by atoms with van der Waals surface area (Å²) >= 11 is 0. The Hall–Kier alpha value is -3.80. The van der Waals surface area contributed by atoms with E-state index in [2.05, 4.69) is 74.0 Å². The number of aryl methyl sites for hydroxylation is 5. The highest BCUT2D eigenvalue weighted by Crippen LogP contribution is 2.37. The molecule has 5 rings (SSSR count). The third-order valence-corrected chi connectivity index (χ3v) is 7.05. The lowest BCUT2D eigenvalue weighted by atomic mass is 9.95. The molecule has 6 nitrogen and oxygen atoms in total. The Morgan fingerprint density at radius 2 is 1.47 bits per heavy atom. The van der Waals surface area contributed by atoms with Crippen molar-refractivity contribution in [3.63, 3.8) is 0 Å². The number of methoxy groups -OCH3 is 2. The Bertz CT molecular complexity index is 1550. The molecule has 0 bridgehead atoms. The predicted octanol–water partition coefficient (Wildman–Crippen LogP) is 6.60.